The Labute approximate surface area is 66.3 Å². The van der Waals surface area contributed by atoms with E-state index in [-0.39, 0.29) is 6.23 Å². The molecule has 0 aromatic rings. The minimum Gasteiger partial charge on any atom is -0.430 e. The SMILES string of the molecule is CN1CCCCC1OC(N)=O. The fourth-order valence-corrected chi connectivity index (χ4v) is 1.33. The van der Waals surface area contributed by atoms with Crippen LogP contribution >= 0.6 is 0 Å². The van der Waals surface area contributed by atoms with E-state index in [0.717, 1.165) is 19.4 Å². The van der Waals surface area contributed by atoms with Crippen molar-refractivity contribution in [1.82, 2.24) is 4.90 Å². The van der Waals surface area contributed by atoms with Crippen molar-refractivity contribution in [1.29, 1.82) is 0 Å². The Morgan fingerprint density at radius 1 is 1.64 bits per heavy atom. The summed E-state index contributed by atoms with van der Waals surface area (Å²) >= 11 is 0. The number of carbonyl (C=O) groups excluding carboxylic acids is 1. The van der Waals surface area contributed by atoms with Crippen LogP contribution in [0.25, 0.3) is 0 Å². The predicted molar refractivity (Wildman–Crippen MR) is 40.9 cm³/mol. The molecule has 0 aliphatic carbocycles. The predicted octanol–water partition coefficient (Wildman–Crippen LogP) is 0.524. The molecule has 2 N–H and O–H groups in total. The molecule has 0 aromatic carbocycles. The molecule has 0 spiro atoms. The van der Waals surface area contributed by atoms with Crippen LogP contribution < -0.4 is 5.73 Å². The lowest BCUT2D eigenvalue weighted by molar-refractivity contribution is -0.0180. The first-order chi connectivity index (χ1) is 5.20. The molecule has 4 heteroatoms. The van der Waals surface area contributed by atoms with Crippen molar-refractivity contribution >= 4 is 6.09 Å². The van der Waals surface area contributed by atoms with Crippen molar-refractivity contribution in [3.05, 3.63) is 0 Å². The molecular formula is C7H14N2O2. The van der Waals surface area contributed by atoms with Gasteiger partial charge in [-0.2, -0.15) is 0 Å². The molecule has 64 valence electrons. The Hall–Kier alpha value is -0.770. The second-order valence-electron chi connectivity index (χ2n) is 2.87. The Morgan fingerprint density at radius 2 is 2.36 bits per heavy atom. The third kappa shape index (κ3) is 2.38. The maximum absolute atomic E-state index is 10.4. The topological polar surface area (TPSA) is 55.6 Å². The molecule has 1 saturated heterocycles. The Kier molecular flexibility index (Phi) is 2.70. The fraction of sp³-hybridized carbons (Fsp3) is 0.857. The van der Waals surface area contributed by atoms with Gasteiger partial charge in [-0.25, -0.2) is 4.79 Å². The first-order valence-electron chi connectivity index (χ1n) is 3.86. The summed E-state index contributed by atoms with van der Waals surface area (Å²) < 4.78 is 4.87. The van der Waals surface area contributed by atoms with Crippen molar-refractivity contribution in [3.8, 4) is 0 Å². The minimum absolute atomic E-state index is 0.0961. The highest BCUT2D eigenvalue weighted by Gasteiger charge is 2.20. The lowest BCUT2D eigenvalue weighted by Gasteiger charge is -2.30. The van der Waals surface area contributed by atoms with E-state index in [2.05, 4.69) is 0 Å². The monoisotopic (exact) mass is 158 g/mol. The summed E-state index contributed by atoms with van der Waals surface area (Å²) in [7, 11) is 1.94. The molecular weight excluding hydrogens is 144 g/mol. The molecule has 1 unspecified atom stereocenters. The standard InChI is InChI=1S/C7H14N2O2/c1-9-5-3-2-4-6(9)11-7(8)10/h6H,2-5H2,1H3,(H2,8,10). The molecule has 0 radical (unpaired) electrons. The summed E-state index contributed by atoms with van der Waals surface area (Å²) in [5.74, 6) is 0. The maximum Gasteiger partial charge on any atom is 0.406 e. The zero-order valence-corrected chi connectivity index (χ0v) is 6.75. The van der Waals surface area contributed by atoms with Gasteiger partial charge in [-0.15, -0.1) is 0 Å². The van der Waals surface area contributed by atoms with Gasteiger partial charge in [0.15, 0.2) is 6.23 Å². The van der Waals surface area contributed by atoms with Crippen molar-refractivity contribution < 1.29 is 9.53 Å². The summed E-state index contributed by atoms with van der Waals surface area (Å²) in [6.45, 7) is 0.984. The maximum atomic E-state index is 10.4. The number of nitrogens with two attached hydrogens (primary N) is 1. The zero-order valence-electron chi connectivity index (χ0n) is 6.75. The van der Waals surface area contributed by atoms with E-state index in [9.17, 15) is 4.79 Å². The van der Waals surface area contributed by atoms with Crippen LogP contribution in [-0.2, 0) is 4.74 Å². The van der Waals surface area contributed by atoms with Gasteiger partial charge in [0.25, 0.3) is 0 Å². The Bertz CT molecular complexity index is 149. The normalized spacial score (nSPS) is 26.5. The van der Waals surface area contributed by atoms with E-state index in [1.54, 1.807) is 0 Å². The second-order valence-corrected chi connectivity index (χ2v) is 2.87. The molecule has 1 fully saturated rings. The Morgan fingerprint density at radius 3 is 2.91 bits per heavy atom. The van der Waals surface area contributed by atoms with Crippen LogP contribution in [0.15, 0.2) is 0 Å². The molecule has 1 rings (SSSR count). The van der Waals surface area contributed by atoms with Crippen LogP contribution in [0.4, 0.5) is 4.79 Å². The van der Waals surface area contributed by atoms with E-state index >= 15 is 0 Å². The molecule has 4 nitrogen and oxygen atoms in total. The number of likely N-dealkylation sites (tertiary alicyclic amines) is 1. The van der Waals surface area contributed by atoms with Gasteiger partial charge >= 0.3 is 6.09 Å². The summed E-state index contributed by atoms with van der Waals surface area (Å²) in [6.07, 6.45) is 2.42. The number of rotatable bonds is 1. The van der Waals surface area contributed by atoms with Crippen molar-refractivity contribution in [2.45, 2.75) is 25.5 Å². The van der Waals surface area contributed by atoms with E-state index in [0.29, 0.717) is 0 Å². The molecule has 1 aliphatic heterocycles. The van der Waals surface area contributed by atoms with Crippen LogP contribution in [0.3, 0.4) is 0 Å². The van der Waals surface area contributed by atoms with Gasteiger partial charge < -0.3 is 10.5 Å². The van der Waals surface area contributed by atoms with Gasteiger partial charge in [-0.05, 0) is 26.3 Å². The zero-order chi connectivity index (χ0) is 8.27. The first kappa shape index (κ1) is 8.33. The van der Waals surface area contributed by atoms with E-state index in [4.69, 9.17) is 10.5 Å². The van der Waals surface area contributed by atoms with Crippen LogP contribution in [0, 0.1) is 0 Å². The molecule has 1 aliphatic rings. The average molecular weight is 158 g/mol. The second kappa shape index (κ2) is 3.57. The van der Waals surface area contributed by atoms with Gasteiger partial charge in [0.2, 0.25) is 0 Å². The van der Waals surface area contributed by atoms with Gasteiger partial charge in [-0.1, -0.05) is 0 Å². The number of ether oxygens (including phenoxy) is 1. The van der Waals surface area contributed by atoms with Crippen molar-refractivity contribution in [2.75, 3.05) is 13.6 Å². The molecule has 0 bridgehead atoms. The summed E-state index contributed by atoms with van der Waals surface area (Å²) in [5, 5.41) is 0. The van der Waals surface area contributed by atoms with Gasteiger partial charge in [0.1, 0.15) is 0 Å². The number of hydrogen-bond acceptors (Lipinski definition) is 3. The van der Waals surface area contributed by atoms with Gasteiger partial charge in [0.05, 0.1) is 0 Å². The molecule has 0 saturated carbocycles. The number of amides is 1. The molecule has 11 heavy (non-hydrogen) atoms. The molecule has 1 heterocycles. The molecule has 1 amide bonds. The van der Waals surface area contributed by atoms with Crippen LogP contribution in [0.1, 0.15) is 19.3 Å². The highest BCUT2D eigenvalue weighted by molar-refractivity contribution is 5.64. The van der Waals surface area contributed by atoms with Crippen LogP contribution in [0.2, 0.25) is 0 Å². The number of primary amides is 1. The minimum atomic E-state index is -0.677. The van der Waals surface area contributed by atoms with E-state index in [1.807, 2.05) is 11.9 Å². The highest BCUT2D eigenvalue weighted by Crippen LogP contribution is 2.15. The highest BCUT2D eigenvalue weighted by atomic mass is 16.6. The smallest absolute Gasteiger partial charge is 0.406 e. The largest absolute Gasteiger partial charge is 0.430 e. The number of piperidine rings is 1. The van der Waals surface area contributed by atoms with Gasteiger partial charge in [-0.3, -0.25) is 4.90 Å². The third-order valence-electron chi connectivity index (χ3n) is 1.96. The number of carbonyl (C=O) groups is 1. The van der Waals surface area contributed by atoms with E-state index in [1.165, 1.54) is 6.42 Å². The first-order valence-corrected chi connectivity index (χ1v) is 3.86. The summed E-state index contributed by atoms with van der Waals surface area (Å²) in [4.78, 5) is 12.4. The lowest BCUT2D eigenvalue weighted by atomic mass is 10.1. The fourth-order valence-electron chi connectivity index (χ4n) is 1.33. The van der Waals surface area contributed by atoms with Crippen molar-refractivity contribution in [3.63, 3.8) is 0 Å². The molecule has 0 aromatic heterocycles. The number of hydrogen-bond donors (Lipinski definition) is 1. The quantitative estimate of drug-likeness (QED) is 0.605. The molecule has 1 atom stereocenters. The third-order valence-corrected chi connectivity index (χ3v) is 1.96. The van der Waals surface area contributed by atoms with Gasteiger partial charge in [0, 0.05) is 6.54 Å². The van der Waals surface area contributed by atoms with E-state index < -0.39 is 6.09 Å². The summed E-state index contributed by atoms with van der Waals surface area (Å²) in [6, 6.07) is 0. The summed E-state index contributed by atoms with van der Waals surface area (Å²) in [5.41, 5.74) is 4.90. The lowest BCUT2D eigenvalue weighted by Crippen LogP contribution is -2.40. The van der Waals surface area contributed by atoms with Crippen LogP contribution in [-0.4, -0.2) is 30.8 Å². The average Bonchev–Trinajstić information content (AvgIpc) is 1.93. The van der Waals surface area contributed by atoms with Crippen LogP contribution in [0.5, 0.6) is 0 Å². The van der Waals surface area contributed by atoms with Crippen molar-refractivity contribution in [2.24, 2.45) is 5.73 Å². The Balaban J connectivity index is 2.35. The number of nitrogens with zero attached hydrogens (tertiary/aromatic N) is 1.